The van der Waals surface area contributed by atoms with Crippen LogP contribution in [0.2, 0.25) is 0 Å². The van der Waals surface area contributed by atoms with Crippen LogP contribution in [0.5, 0.6) is 0 Å². The first-order valence-electron chi connectivity index (χ1n) is 9.26. The Morgan fingerprint density at radius 2 is 2.08 bits per heavy atom. The topological polar surface area (TPSA) is 34.0 Å². The molecule has 3 nitrogen and oxygen atoms in total. The van der Waals surface area contributed by atoms with Gasteiger partial charge in [-0.2, -0.15) is 0 Å². The zero-order valence-electron chi connectivity index (χ0n) is 14.5. The second kappa shape index (κ2) is 8.19. The van der Waals surface area contributed by atoms with E-state index in [1.807, 2.05) is 18.3 Å². The Hall–Kier alpha value is -1.29. The normalized spacial score (nSPS) is 15.8. The van der Waals surface area contributed by atoms with Gasteiger partial charge in [-0.25, -0.2) is 0 Å². The summed E-state index contributed by atoms with van der Waals surface area (Å²) >= 11 is 3.62. The van der Waals surface area contributed by atoms with Crippen LogP contribution >= 0.6 is 15.9 Å². The van der Waals surface area contributed by atoms with E-state index in [9.17, 15) is 4.79 Å². The van der Waals surface area contributed by atoms with Crippen molar-refractivity contribution in [2.75, 3.05) is 6.54 Å². The molecule has 1 amide bonds. The van der Waals surface area contributed by atoms with Gasteiger partial charge in [0.1, 0.15) is 0 Å². The largest absolute Gasteiger partial charge is 0.352 e. The van der Waals surface area contributed by atoms with Crippen molar-refractivity contribution in [2.24, 2.45) is 5.92 Å². The van der Waals surface area contributed by atoms with E-state index in [1.165, 1.54) is 32.1 Å². The molecule has 1 aromatic carbocycles. The average Bonchev–Trinajstić information content (AvgIpc) is 2.96. The molecule has 0 aliphatic heterocycles. The summed E-state index contributed by atoms with van der Waals surface area (Å²) in [7, 11) is 0. The Balaban J connectivity index is 1.72. The van der Waals surface area contributed by atoms with E-state index in [4.69, 9.17) is 0 Å². The van der Waals surface area contributed by atoms with Crippen LogP contribution in [0.1, 0.15) is 62.2 Å². The van der Waals surface area contributed by atoms with Gasteiger partial charge in [0.05, 0.1) is 5.56 Å². The van der Waals surface area contributed by atoms with Crippen molar-refractivity contribution in [2.45, 2.75) is 58.4 Å². The van der Waals surface area contributed by atoms with E-state index >= 15 is 0 Å². The number of carbonyl (C=O) groups excluding carboxylic acids is 1. The summed E-state index contributed by atoms with van der Waals surface area (Å²) in [5.74, 6) is 0.852. The Morgan fingerprint density at radius 3 is 2.83 bits per heavy atom. The second-order valence-corrected chi connectivity index (χ2v) is 7.77. The molecule has 1 aliphatic rings. The average molecular weight is 391 g/mol. The van der Waals surface area contributed by atoms with Crippen LogP contribution in [-0.4, -0.2) is 17.0 Å². The molecule has 3 rings (SSSR count). The summed E-state index contributed by atoms with van der Waals surface area (Å²) in [6.07, 6.45) is 10.9. The second-order valence-electron chi connectivity index (χ2n) is 6.92. The Labute approximate surface area is 152 Å². The molecule has 4 heteroatoms. The Morgan fingerprint density at radius 1 is 1.29 bits per heavy atom. The van der Waals surface area contributed by atoms with Crippen LogP contribution in [0.4, 0.5) is 0 Å². The van der Waals surface area contributed by atoms with Crippen molar-refractivity contribution in [3.05, 3.63) is 34.4 Å². The quantitative estimate of drug-likeness (QED) is 0.692. The third kappa shape index (κ3) is 3.85. The molecule has 1 fully saturated rings. The van der Waals surface area contributed by atoms with E-state index in [1.54, 1.807) is 0 Å². The molecular formula is C20H27BrN2O. The van der Waals surface area contributed by atoms with Crippen molar-refractivity contribution < 1.29 is 4.79 Å². The molecule has 1 aromatic heterocycles. The highest BCUT2D eigenvalue weighted by molar-refractivity contribution is 9.10. The number of fused-ring (bicyclic) bond motifs is 1. The third-order valence-corrected chi connectivity index (χ3v) is 5.79. The van der Waals surface area contributed by atoms with Gasteiger partial charge in [0.15, 0.2) is 0 Å². The number of hydrogen-bond donors (Lipinski definition) is 1. The molecule has 1 saturated carbocycles. The van der Waals surface area contributed by atoms with Gasteiger partial charge in [-0.1, -0.05) is 61.0 Å². The lowest BCUT2D eigenvalue weighted by Gasteiger charge is -2.21. The van der Waals surface area contributed by atoms with Crippen molar-refractivity contribution >= 4 is 32.7 Å². The molecule has 130 valence electrons. The van der Waals surface area contributed by atoms with Gasteiger partial charge in [-0.3, -0.25) is 4.79 Å². The number of carbonyl (C=O) groups is 1. The molecule has 0 atom stereocenters. The molecular weight excluding hydrogens is 364 g/mol. The van der Waals surface area contributed by atoms with Crippen LogP contribution in [0, 0.1) is 5.92 Å². The molecule has 0 spiro atoms. The summed E-state index contributed by atoms with van der Waals surface area (Å²) in [6, 6.07) is 6.13. The monoisotopic (exact) mass is 390 g/mol. The van der Waals surface area contributed by atoms with E-state index in [0.29, 0.717) is 0 Å². The van der Waals surface area contributed by atoms with Gasteiger partial charge < -0.3 is 9.88 Å². The fraction of sp³-hybridized carbons (Fsp3) is 0.550. The minimum absolute atomic E-state index is 0.0533. The highest BCUT2D eigenvalue weighted by atomic mass is 79.9. The van der Waals surface area contributed by atoms with E-state index in [2.05, 4.69) is 38.8 Å². The smallest absolute Gasteiger partial charge is 0.253 e. The molecule has 1 aliphatic carbocycles. The molecule has 0 radical (unpaired) electrons. The Kier molecular flexibility index (Phi) is 5.99. The van der Waals surface area contributed by atoms with Crippen LogP contribution in [-0.2, 0) is 6.54 Å². The number of halogens is 1. The first-order chi connectivity index (χ1) is 11.7. The molecule has 24 heavy (non-hydrogen) atoms. The number of nitrogens with one attached hydrogen (secondary N) is 1. The number of hydrogen-bond acceptors (Lipinski definition) is 1. The maximum absolute atomic E-state index is 12.7. The standard InChI is InChI=1S/C20H27BrN2O/c1-2-13-23-14-16(19-17(21)9-6-10-18(19)23)20(24)22-12-11-15-7-4-3-5-8-15/h6,9-10,14-15H,2-5,7-8,11-13H2,1H3,(H,22,24). The van der Waals surface area contributed by atoms with E-state index < -0.39 is 0 Å². The fourth-order valence-electron chi connectivity index (χ4n) is 3.87. The van der Waals surface area contributed by atoms with Gasteiger partial charge >= 0.3 is 0 Å². The van der Waals surface area contributed by atoms with Crippen LogP contribution < -0.4 is 5.32 Å². The lowest BCUT2D eigenvalue weighted by molar-refractivity contribution is 0.0951. The predicted molar refractivity (Wildman–Crippen MR) is 103 cm³/mol. The Bertz CT molecular complexity index is 701. The van der Waals surface area contributed by atoms with Crippen LogP contribution in [0.15, 0.2) is 28.9 Å². The zero-order chi connectivity index (χ0) is 16.9. The van der Waals surface area contributed by atoms with Gasteiger partial charge in [-0.15, -0.1) is 0 Å². The number of aromatic nitrogens is 1. The summed E-state index contributed by atoms with van der Waals surface area (Å²) in [6.45, 7) is 3.88. The van der Waals surface area contributed by atoms with E-state index in [0.717, 1.165) is 52.8 Å². The van der Waals surface area contributed by atoms with Gasteiger partial charge in [0.25, 0.3) is 5.91 Å². The first kappa shape index (κ1) is 17.5. The van der Waals surface area contributed by atoms with Gasteiger partial charge in [-0.05, 0) is 30.9 Å². The lowest BCUT2D eigenvalue weighted by Crippen LogP contribution is -2.26. The molecule has 1 N–H and O–H groups in total. The number of rotatable bonds is 6. The number of aryl methyl sites for hydroxylation is 1. The highest BCUT2D eigenvalue weighted by Gasteiger charge is 2.18. The minimum Gasteiger partial charge on any atom is -0.352 e. The van der Waals surface area contributed by atoms with E-state index in [-0.39, 0.29) is 5.91 Å². The maximum Gasteiger partial charge on any atom is 0.253 e. The minimum atomic E-state index is 0.0533. The number of amides is 1. The molecule has 0 bridgehead atoms. The summed E-state index contributed by atoms with van der Waals surface area (Å²) < 4.78 is 3.18. The first-order valence-corrected chi connectivity index (χ1v) is 10.1. The number of benzene rings is 1. The SMILES string of the molecule is CCCn1cc(C(=O)NCCC2CCCCC2)c2c(Br)cccc21. The maximum atomic E-state index is 12.7. The molecule has 1 heterocycles. The summed E-state index contributed by atoms with van der Waals surface area (Å²) in [5.41, 5.74) is 1.92. The third-order valence-electron chi connectivity index (χ3n) is 5.13. The van der Waals surface area contributed by atoms with Crippen LogP contribution in [0.25, 0.3) is 10.9 Å². The van der Waals surface area contributed by atoms with Gasteiger partial charge in [0.2, 0.25) is 0 Å². The summed E-state index contributed by atoms with van der Waals surface area (Å²) in [4.78, 5) is 12.7. The lowest BCUT2D eigenvalue weighted by atomic mass is 9.87. The van der Waals surface area contributed by atoms with Crippen LogP contribution in [0.3, 0.4) is 0 Å². The zero-order valence-corrected chi connectivity index (χ0v) is 16.1. The molecule has 0 unspecified atom stereocenters. The van der Waals surface area contributed by atoms with Gasteiger partial charge in [0, 0.05) is 34.7 Å². The highest BCUT2D eigenvalue weighted by Crippen LogP contribution is 2.30. The number of nitrogens with zero attached hydrogens (tertiary/aromatic N) is 1. The van der Waals surface area contributed by atoms with Crippen molar-refractivity contribution in [1.29, 1.82) is 0 Å². The summed E-state index contributed by atoms with van der Waals surface area (Å²) in [5, 5.41) is 4.18. The van der Waals surface area contributed by atoms with Crippen molar-refractivity contribution in [3.63, 3.8) is 0 Å². The molecule has 0 saturated heterocycles. The molecule has 2 aromatic rings. The van der Waals surface area contributed by atoms with Crippen molar-refractivity contribution in [1.82, 2.24) is 9.88 Å². The fourth-order valence-corrected chi connectivity index (χ4v) is 4.44. The van der Waals surface area contributed by atoms with Crippen molar-refractivity contribution in [3.8, 4) is 0 Å². The predicted octanol–water partition coefficient (Wildman–Crippen LogP) is 5.51.